The number of rotatable bonds is 3. The van der Waals surface area contributed by atoms with Crippen molar-refractivity contribution in [1.82, 2.24) is 19.9 Å². The van der Waals surface area contributed by atoms with Gasteiger partial charge >= 0.3 is 0 Å². The lowest BCUT2D eigenvalue weighted by Gasteiger charge is -2.25. The number of H-pyrrole nitrogens is 1. The second kappa shape index (κ2) is 5.43. The minimum Gasteiger partial charge on any atom is -0.261 e. The number of nitrogens with one attached hydrogen (secondary N) is 2. The van der Waals surface area contributed by atoms with Gasteiger partial charge < -0.3 is 0 Å². The van der Waals surface area contributed by atoms with Crippen LogP contribution in [0.25, 0.3) is 11.0 Å². The van der Waals surface area contributed by atoms with Crippen LogP contribution in [0.3, 0.4) is 0 Å². The first-order chi connectivity index (χ1) is 11.1. The quantitative estimate of drug-likeness (QED) is 0.767. The Bertz CT molecular complexity index is 951. The highest BCUT2D eigenvalue weighted by molar-refractivity contribution is 7.89. The van der Waals surface area contributed by atoms with Gasteiger partial charge in [-0.15, -0.1) is 0 Å². The van der Waals surface area contributed by atoms with E-state index in [-0.39, 0.29) is 6.04 Å². The monoisotopic (exact) mass is 328 g/mol. The summed E-state index contributed by atoms with van der Waals surface area (Å²) in [6, 6.07) is 8.36. The van der Waals surface area contributed by atoms with Crippen LogP contribution in [0.15, 0.2) is 47.6 Å². The first-order valence-electron chi connectivity index (χ1n) is 7.51. The Labute approximate surface area is 134 Å². The Balaban J connectivity index is 1.59. The van der Waals surface area contributed by atoms with Crippen LogP contribution in [-0.4, -0.2) is 29.6 Å². The molecule has 2 aromatic heterocycles. The van der Waals surface area contributed by atoms with E-state index in [0.29, 0.717) is 11.3 Å². The third-order valence-electron chi connectivity index (χ3n) is 4.27. The van der Waals surface area contributed by atoms with Crippen molar-refractivity contribution >= 4 is 21.1 Å². The van der Waals surface area contributed by atoms with E-state index in [9.17, 15) is 8.42 Å². The van der Waals surface area contributed by atoms with Gasteiger partial charge in [-0.05, 0) is 42.5 Å². The molecule has 4 rings (SSSR count). The van der Waals surface area contributed by atoms with Crippen molar-refractivity contribution in [1.29, 1.82) is 0 Å². The zero-order chi connectivity index (χ0) is 15.9. The summed E-state index contributed by atoms with van der Waals surface area (Å²) in [6.45, 7) is 0. The molecule has 7 heteroatoms. The Morgan fingerprint density at radius 1 is 1.17 bits per heavy atom. The second-order valence-corrected chi connectivity index (χ2v) is 7.48. The van der Waals surface area contributed by atoms with Crippen molar-refractivity contribution in [2.75, 3.05) is 0 Å². The number of hydrogen-bond donors (Lipinski definition) is 2. The van der Waals surface area contributed by atoms with Crippen LogP contribution in [-0.2, 0) is 22.9 Å². The summed E-state index contributed by atoms with van der Waals surface area (Å²) in [5, 5.41) is 7.93. The highest BCUT2D eigenvalue weighted by atomic mass is 32.2. The molecule has 0 saturated carbocycles. The van der Waals surface area contributed by atoms with Crippen LogP contribution in [0, 0.1) is 0 Å². The summed E-state index contributed by atoms with van der Waals surface area (Å²) in [6.07, 6.45) is 5.84. The third kappa shape index (κ3) is 2.62. The molecule has 0 amide bonds. The van der Waals surface area contributed by atoms with Gasteiger partial charge in [-0.3, -0.25) is 5.10 Å². The smallest absolute Gasteiger partial charge is 0.240 e. The molecule has 0 saturated heterocycles. The van der Waals surface area contributed by atoms with Crippen molar-refractivity contribution in [3.05, 3.63) is 53.9 Å². The van der Waals surface area contributed by atoms with Gasteiger partial charge in [-0.25, -0.2) is 18.1 Å². The molecule has 0 spiro atoms. The molecule has 0 fully saturated rings. The van der Waals surface area contributed by atoms with Crippen molar-refractivity contribution in [3.8, 4) is 0 Å². The molecule has 3 aromatic rings. The summed E-state index contributed by atoms with van der Waals surface area (Å²) in [4.78, 5) is 4.65. The molecule has 0 aliphatic heterocycles. The molecule has 1 atom stereocenters. The molecular weight excluding hydrogens is 312 g/mol. The highest BCUT2D eigenvalue weighted by Gasteiger charge is 2.25. The topological polar surface area (TPSA) is 87.7 Å². The molecule has 2 heterocycles. The zero-order valence-corrected chi connectivity index (χ0v) is 13.2. The Morgan fingerprint density at radius 2 is 2.00 bits per heavy atom. The summed E-state index contributed by atoms with van der Waals surface area (Å²) in [5.74, 6) is 0. The number of benzene rings is 1. The molecular formula is C16H16N4O2S. The van der Waals surface area contributed by atoms with Gasteiger partial charge in [-0.1, -0.05) is 18.2 Å². The Hall–Kier alpha value is -2.25. The van der Waals surface area contributed by atoms with Gasteiger partial charge in [0, 0.05) is 17.6 Å². The normalized spacial score (nSPS) is 18.0. The van der Waals surface area contributed by atoms with E-state index < -0.39 is 10.0 Å². The fraction of sp³-hybridized carbons (Fsp3) is 0.250. The summed E-state index contributed by atoms with van der Waals surface area (Å²) < 4.78 is 27.7. The summed E-state index contributed by atoms with van der Waals surface area (Å²) in [7, 11) is -3.48. The second-order valence-electron chi connectivity index (χ2n) is 5.77. The van der Waals surface area contributed by atoms with Crippen LogP contribution in [0.1, 0.15) is 17.5 Å². The van der Waals surface area contributed by atoms with E-state index in [2.05, 4.69) is 19.9 Å². The number of sulfonamides is 1. The molecule has 1 aromatic carbocycles. The minimum absolute atomic E-state index is 0.112. The van der Waals surface area contributed by atoms with Gasteiger partial charge in [0.15, 0.2) is 5.65 Å². The number of aryl methyl sites for hydroxylation is 1. The van der Waals surface area contributed by atoms with Crippen molar-refractivity contribution in [2.45, 2.75) is 30.2 Å². The maximum absolute atomic E-state index is 12.4. The van der Waals surface area contributed by atoms with E-state index in [1.807, 2.05) is 6.20 Å². The van der Waals surface area contributed by atoms with Gasteiger partial charge in [0.05, 0.1) is 11.1 Å². The van der Waals surface area contributed by atoms with Crippen LogP contribution in [0.4, 0.5) is 0 Å². The third-order valence-corrected chi connectivity index (χ3v) is 5.80. The fourth-order valence-corrected chi connectivity index (χ4v) is 4.43. The van der Waals surface area contributed by atoms with E-state index in [1.165, 1.54) is 5.56 Å². The van der Waals surface area contributed by atoms with Gasteiger partial charge in [0.2, 0.25) is 10.0 Å². The summed E-state index contributed by atoms with van der Waals surface area (Å²) >= 11 is 0. The number of hydrogen-bond acceptors (Lipinski definition) is 4. The van der Waals surface area contributed by atoms with E-state index >= 15 is 0 Å². The van der Waals surface area contributed by atoms with Crippen LogP contribution in [0.2, 0.25) is 0 Å². The molecule has 0 radical (unpaired) electrons. The lowest BCUT2D eigenvalue weighted by Crippen LogP contribution is -2.38. The Morgan fingerprint density at radius 3 is 2.83 bits per heavy atom. The largest absolute Gasteiger partial charge is 0.261 e. The molecule has 1 unspecified atom stereocenters. The maximum Gasteiger partial charge on any atom is 0.240 e. The number of nitrogens with zero attached hydrogens (tertiary/aromatic N) is 2. The highest BCUT2D eigenvalue weighted by Crippen LogP contribution is 2.27. The zero-order valence-electron chi connectivity index (χ0n) is 12.4. The van der Waals surface area contributed by atoms with Crippen molar-refractivity contribution in [2.24, 2.45) is 0 Å². The number of pyridine rings is 1. The molecule has 2 N–H and O–H groups in total. The first-order valence-corrected chi connectivity index (χ1v) is 8.99. The Kier molecular flexibility index (Phi) is 3.39. The van der Waals surface area contributed by atoms with Crippen molar-refractivity contribution < 1.29 is 8.42 Å². The average Bonchev–Trinajstić information content (AvgIpc) is 3.04. The predicted molar refractivity (Wildman–Crippen MR) is 86.5 cm³/mol. The SMILES string of the molecule is O=S(=O)(NC1CCc2c(cnc3[nH]ncc23)C1)c1ccccc1. The molecule has 118 valence electrons. The number of aromatic amines is 1. The van der Waals surface area contributed by atoms with Gasteiger partial charge in [0.1, 0.15) is 0 Å². The average molecular weight is 328 g/mol. The van der Waals surface area contributed by atoms with Crippen LogP contribution in [0.5, 0.6) is 0 Å². The number of fused-ring (bicyclic) bond motifs is 3. The lowest BCUT2D eigenvalue weighted by molar-refractivity contribution is 0.508. The standard InChI is InChI=1S/C16H16N4O2S/c21-23(22,13-4-2-1-3-5-13)20-12-6-7-14-11(8-12)9-17-16-15(14)10-18-19-16/h1-5,9-10,12,20H,6-8H2,(H,17,18,19). The van der Waals surface area contributed by atoms with Gasteiger partial charge in [-0.2, -0.15) is 5.10 Å². The minimum atomic E-state index is -3.48. The van der Waals surface area contributed by atoms with Crippen LogP contribution >= 0.6 is 0 Å². The lowest BCUT2D eigenvalue weighted by atomic mass is 9.88. The predicted octanol–water partition coefficient (Wildman–Crippen LogP) is 1.79. The molecule has 23 heavy (non-hydrogen) atoms. The summed E-state index contributed by atoms with van der Waals surface area (Å²) in [5.41, 5.74) is 3.09. The van der Waals surface area contributed by atoms with E-state index in [1.54, 1.807) is 36.5 Å². The number of aromatic nitrogens is 3. The van der Waals surface area contributed by atoms with E-state index in [4.69, 9.17) is 0 Å². The van der Waals surface area contributed by atoms with Crippen LogP contribution < -0.4 is 4.72 Å². The first kappa shape index (κ1) is 14.3. The van der Waals surface area contributed by atoms with E-state index in [0.717, 1.165) is 29.4 Å². The molecule has 1 aliphatic rings. The maximum atomic E-state index is 12.4. The molecule has 6 nitrogen and oxygen atoms in total. The van der Waals surface area contributed by atoms with Crippen molar-refractivity contribution in [3.63, 3.8) is 0 Å². The fourth-order valence-electron chi connectivity index (χ4n) is 3.14. The van der Waals surface area contributed by atoms with Gasteiger partial charge in [0.25, 0.3) is 0 Å². The molecule has 1 aliphatic carbocycles. The molecule has 0 bridgehead atoms.